The second-order valence-electron chi connectivity index (χ2n) is 11.6. The first kappa shape index (κ1) is 40.9. The zero-order chi connectivity index (χ0) is 33.1. The highest BCUT2D eigenvalue weighted by Crippen LogP contribution is 2.22. The lowest BCUT2D eigenvalue weighted by molar-refractivity contribution is -0.302. The molecule has 1 fully saturated rings. The first-order chi connectivity index (χ1) is 21.8. The van der Waals surface area contributed by atoms with Crippen molar-refractivity contribution >= 4 is 5.91 Å². The molecule has 0 radical (unpaired) electrons. The topological polar surface area (TPSA) is 149 Å². The van der Waals surface area contributed by atoms with E-state index in [0.29, 0.717) is 6.42 Å². The number of aliphatic hydroxyl groups excluding tert-OH is 5. The van der Waals surface area contributed by atoms with Crippen LogP contribution in [0.15, 0.2) is 60.8 Å². The van der Waals surface area contributed by atoms with Crippen LogP contribution < -0.4 is 5.32 Å². The second-order valence-corrected chi connectivity index (χ2v) is 11.6. The Balaban J connectivity index is 2.59. The summed E-state index contributed by atoms with van der Waals surface area (Å²) in [5.74, 6) is -0.264. The molecule has 9 heteroatoms. The van der Waals surface area contributed by atoms with Gasteiger partial charge in [0, 0.05) is 6.42 Å². The maximum absolute atomic E-state index is 12.7. The Kier molecular flexibility index (Phi) is 24.6. The third-order valence-corrected chi connectivity index (χ3v) is 7.61. The molecule has 0 aromatic carbocycles. The molecule has 0 saturated carbocycles. The Bertz CT molecular complexity index is 884. The molecular weight excluding hydrogens is 574 g/mol. The number of hydrogen-bond acceptors (Lipinski definition) is 8. The van der Waals surface area contributed by atoms with E-state index in [9.17, 15) is 30.3 Å². The second kappa shape index (κ2) is 27.0. The van der Waals surface area contributed by atoms with Gasteiger partial charge in [0.25, 0.3) is 0 Å². The molecule has 258 valence electrons. The summed E-state index contributed by atoms with van der Waals surface area (Å²) in [6.07, 6.45) is 25.7. The SMILES string of the molecule is CC/C=C\C/C=C\C/C=C\C/C=C\CCC(=O)NC(COC1OC(CO)C(O)C(O)C1O)C(O)/C=C/CCCCCCCCC. The summed E-state index contributed by atoms with van der Waals surface area (Å²) in [4.78, 5) is 12.7. The summed E-state index contributed by atoms with van der Waals surface area (Å²) in [5, 5.41) is 53.5. The highest BCUT2D eigenvalue weighted by Gasteiger charge is 2.44. The van der Waals surface area contributed by atoms with E-state index in [1.807, 2.05) is 18.2 Å². The predicted molar refractivity (Wildman–Crippen MR) is 179 cm³/mol. The van der Waals surface area contributed by atoms with E-state index in [1.54, 1.807) is 6.08 Å². The van der Waals surface area contributed by atoms with Gasteiger partial charge in [-0.2, -0.15) is 0 Å². The average molecular weight is 636 g/mol. The van der Waals surface area contributed by atoms with Gasteiger partial charge in [-0.25, -0.2) is 0 Å². The lowest BCUT2D eigenvalue weighted by Gasteiger charge is -2.40. The predicted octanol–water partition coefficient (Wildman–Crippen LogP) is 4.93. The van der Waals surface area contributed by atoms with E-state index in [-0.39, 0.29) is 18.9 Å². The number of unbranched alkanes of at least 4 members (excludes halogenated alkanes) is 7. The van der Waals surface area contributed by atoms with Crippen LogP contribution in [0, 0.1) is 0 Å². The number of ether oxygens (including phenoxy) is 2. The van der Waals surface area contributed by atoms with Gasteiger partial charge in [0.1, 0.15) is 24.4 Å². The van der Waals surface area contributed by atoms with Gasteiger partial charge in [0.15, 0.2) is 6.29 Å². The van der Waals surface area contributed by atoms with Crippen molar-refractivity contribution in [3.05, 3.63) is 60.8 Å². The Labute approximate surface area is 271 Å². The summed E-state index contributed by atoms with van der Waals surface area (Å²) >= 11 is 0. The van der Waals surface area contributed by atoms with Gasteiger partial charge in [-0.05, 0) is 44.9 Å². The van der Waals surface area contributed by atoms with Gasteiger partial charge in [-0.3, -0.25) is 4.79 Å². The molecule has 0 aliphatic carbocycles. The van der Waals surface area contributed by atoms with Crippen LogP contribution in [-0.2, 0) is 14.3 Å². The molecule has 6 N–H and O–H groups in total. The van der Waals surface area contributed by atoms with Crippen molar-refractivity contribution in [2.75, 3.05) is 13.2 Å². The Morgan fingerprint density at radius 2 is 1.38 bits per heavy atom. The highest BCUT2D eigenvalue weighted by molar-refractivity contribution is 5.76. The summed E-state index contributed by atoms with van der Waals surface area (Å²) in [6.45, 7) is 3.52. The van der Waals surface area contributed by atoms with Crippen molar-refractivity contribution in [1.29, 1.82) is 0 Å². The minimum absolute atomic E-state index is 0.221. The van der Waals surface area contributed by atoms with E-state index >= 15 is 0 Å². The maximum atomic E-state index is 12.7. The lowest BCUT2D eigenvalue weighted by atomic mass is 9.99. The van der Waals surface area contributed by atoms with Gasteiger partial charge < -0.3 is 40.3 Å². The van der Waals surface area contributed by atoms with Gasteiger partial charge in [-0.1, -0.05) is 113 Å². The van der Waals surface area contributed by atoms with Crippen LogP contribution in [0.25, 0.3) is 0 Å². The van der Waals surface area contributed by atoms with E-state index in [1.165, 1.54) is 32.1 Å². The number of amides is 1. The van der Waals surface area contributed by atoms with Crippen LogP contribution in [0.2, 0.25) is 0 Å². The summed E-state index contributed by atoms with van der Waals surface area (Å²) in [6, 6.07) is -0.840. The number of allylic oxidation sites excluding steroid dienone is 9. The molecule has 1 heterocycles. The van der Waals surface area contributed by atoms with Crippen molar-refractivity contribution in [1.82, 2.24) is 5.32 Å². The normalized spacial score (nSPS) is 24.1. The molecule has 1 amide bonds. The van der Waals surface area contributed by atoms with E-state index < -0.39 is 49.5 Å². The van der Waals surface area contributed by atoms with Gasteiger partial charge in [0.05, 0.1) is 25.4 Å². The lowest BCUT2D eigenvalue weighted by Crippen LogP contribution is -2.60. The zero-order valence-electron chi connectivity index (χ0n) is 27.6. The fourth-order valence-electron chi connectivity index (χ4n) is 4.81. The number of nitrogens with one attached hydrogen (secondary N) is 1. The van der Waals surface area contributed by atoms with Crippen molar-refractivity contribution in [3.8, 4) is 0 Å². The van der Waals surface area contributed by atoms with Crippen LogP contribution in [0.4, 0.5) is 0 Å². The molecule has 7 atom stereocenters. The van der Waals surface area contributed by atoms with Crippen molar-refractivity contribution < 1.29 is 39.8 Å². The minimum atomic E-state index is -1.58. The van der Waals surface area contributed by atoms with Crippen LogP contribution in [0.5, 0.6) is 0 Å². The molecule has 0 aromatic rings. The van der Waals surface area contributed by atoms with Crippen LogP contribution in [0.3, 0.4) is 0 Å². The van der Waals surface area contributed by atoms with Crippen LogP contribution in [0.1, 0.15) is 104 Å². The fourth-order valence-corrected chi connectivity index (χ4v) is 4.81. The van der Waals surface area contributed by atoms with Crippen molar-refractivity contribution in [3.63, 3.8) is 0 Å². The van der Waals surface area contributed by atoms with Gasteiger partial charge in [-0.15, -0.1) is 0 Å². The molecule has 9 nitrogen and oxygen atoms in total. The van der Waals surface area contributed by atoms with Crippen LogP contribution >= 0.6 is 0 Å². The number of carbonyl (C=O) groups is 1. The number of rotatable bonds is 25. The quantitative estimate of drug-likeness (QED) is 0.0611. The molecule has 1 aliphatic heterocycles. The number of aliphatic hydroxyl groups is 5. The van der Waals surface area contributed by atoms with Gasteiger partial charge in [0.2, 0.25) is 5.91 Å². The highest BCUT2D eigenvalue weighted by atomic mass is 16.7. The molecule has 0 bridgehead atoms. The van der Waals surface area contributed by atoms with E-state index in [4.69, 9.17) is 9.47 Å². The molecular formula is C36H61NO8. The average Bonchev–Trinajstić information content (AvgIpc) is 3.04. The molecule has 45 heavy (non-hydrogen) atoms. The monoisotopic (exact) mass is 635 g/mol. The number of hydrogen-bond donors (Lipinski definition) is 6. The Hall–Kier alpha value is -2.11. The summed E-state index contributed by atoms with van der Waals surface area (Å²) in [5.41, 5.74) is 0. The molecule has 0 spiro atoms. The Morgan fingerprint density at radius 1 is 0.778 bits per heavy atom. The first-order valence-corrected chi connectivity index (χ1v) is 17.0. The third kappa shape index (κ3) is 19.2. The minimum Gasteiger partial charge on any atom is -0.394 e. The smallest absolute Gasteiger partial charge is 0.220 e. The molecule has 1 saturated heterocycles. The maximum Gasteiger partial charge on any atom is 0.220 e. The zero-order valence-corrected chi connectivity index (χ0v) is 27.6. The van der Waals surface area contributed by atoms with E-state index in [0.717, 1.165) is 44.9 Å². The molecule has 0 aromatic heterocycles. The first-order valence-electron chi connectivity index (χ1n) is 17.0. The van der Waals surface area contributed by atoms with Crippen LogP contribution in [-0.4, -0.2) is 87.5 Å². The van der Waals surface area contributed by atoms with Crippen molar-refractivity contribution in [2.45, 2.75) is 147 Å². The van der Waals surface area contributed by atoms with E-state index in [2.05, 4.69) is 55.6 Å². The third-order valence-electron chi connectivity index (χ3n) is 7.61. The van der Waals surface area contributed by atoms with Gasteiger partial charge >= 0.3 is 0 Å². The largest absolute Gasteiger partial charge is 0.394 e. The standard InChI is InChI=1S/C36H61NO8/c1-3-5-7-9-11-13-14-15-16-18-20-22-24-26-32(40)37-29(30(39)25-23-21-19-17-12-10-8-6-4-2)28-44-36-35(43)34(42)33(41)31(27-38)45-36/h5,7,11,13,15-16,20,22-23,25,29-31,33-36,38-39,41-43H,3-4,6,8-10,12,14,17-19,21,24,26-28H2,1-2H3,(H,37,40)/b7-5-,13-11-,16-15-,22-20-,25-23+. The summed E-state index contributed by atoms with van der Waals surface area (Å²) < 4.78 is 11.1. The molecule has 1 rings (SSSR count). The Morgan fingerprint density at radius 3 is 2.00 bits per heavy atom. The fraction of sp³-hybridized carbons (Fsp3) is 0.694. The van der Waals surface area contributed by atoms with Crippen molar-refractivity contribution in [2.24, 2.45) is 0 Å². The number of carbonyl (C=O) groups excluding carboxylic acids is 1. The molecule has 1 aliphatic rings. The molecule has 7 unspecified atom stereocenters. The summed E-state index contributed by atoms with van der Waals surface area (Å²) in [7, 11) is 0.